The van der Waals surface area contributed by atoms with Crippen LogP contribution in [0, 0.1) is 0 Å². The molecule has 6 heteroatoms. The van der Waals surface area contributed by atoms with E-state index in [2.05, 4.69) is 9.88 Å². The molecule has 0 atom stereocenters. The number of ether oxygens (including phenoxy) is 2. The average Bonchev–Trinajstić information content (AvgIpc) is 3.14. The Labute approximate surface area is 120 Å². The fourth-order valence-corrected chi connectivity index (χ4v) is 3.01. The average molecular weight is 286 g/mol. The minimum Gasteiger partial charge on any atom is -0.478 e. The van der Waals surface area contributed by atoms with Crippen LogP contribution in [-0.4, -0.2) is 35.9 Å². The Kier molecular flexibility index (Phi) is 2.63. The molecule has 4 rings (SSSR count). The standard InChI is InChI=1S/C15H14N2O4/c18-15(19)10-7-16-11-6-13-12(20-8-21-13)5-9(11)14(10)17-3-1-2-4-17/h5-7H,1-4,8H2,(H,18,19). The molecular formula is C15H14N2O4. The second kappa shape index (κ2) is 4.51. The fraction of sp³-hybridized carbons (Fsp3) is 0.333. The summed E-state index contributed by atoms with van der Waals surface area (Å²) in [5, 5.41) is 10.3. The molecule has 0 bridgehead atoms. The van der Waals surface area contributed by atoms with Crippen LogP contribution in [0.3, 0.4) is 0 Å². The van der Waals surface area contributed by atoms with Gasteiger partial charge in [-0.2, -0.15) is 0 Å². The van der Waals surface area contributed by atoms with Gasteiger partial charge in [0.1, 0.15) is 5.56 Å². The number of benzene rings is 1. The third kappa shape index (κ3) is 1.86. The minimum atomic E-state index is -0.955. The molecule has 0 amide bonds. The van der Waals surface area contributed by atoms with E-state index in [4.69, 9.17) is 9.47 Å². The van der Waals surface area contributed by atoms with Gasteiger partial charge in [-0.15, -0.1) is 0 Å². The molecule has 2 aromatic rings. The highest BCUT2D eigenvalue weighted by Crippen LogP contribution is 2.40. The van der Waals surface area contributed by atoms with E-state index in [0.717, 1.165) is 42.5 Å². The number of hydrogen-bond donors (Lipinski definition) is 1. The first-order valence-corrected chi connectivity index (χ1v) is 6.94. The number of anilines is 1. The quantitative estimate of drug-likeness (QED) is 0.913. The van der Waals surface area contributed by atoms with Gasteiger partial charge in [-0.05, 0) is 18.9 Å². The Hall–Kier alpha value is -2.50. The van der Waals surface area contributed by atoms with E-state index < -0.39 is 5.97 Å². The van der Waals surface area contributed by atoms with E-state index in [1.165, 1.54) is 6.20 Å². The molecule has 21 heavy (non-hydrogen) atoms. The van der Waals surface area contributed by atoms with Crippen molar-refractivity contribution in [3.8, 4) is 11.5 Å². The van der Waals surface area contributed by atoms with Crippen molar-refractivity contribution >= 4 is 22.6 Å². The largest absolute Gasteiger partial charge is 0.478 e. The number of hydrogen-bond acceptors (Lipinski definition) is 5. The van der Waals surface area contributed by atoms with Crippen molar-refractivity contribution in [1.29, 1.82) is 0 Å². The fourth-order valence-electron chi connectivity index (χ4n) is 3.01. The second-order valence-corrected chi connectivity index (χ2v) is 5.24. The van der Waals surface area contributed by atoms with Crippen LogP contribution in [0.1, 0.15) is 23.2 Å². The molecule has 1 N–H and O–H groups in total. The minimum absolute atomic E-state index is 0.191. The second-order valence-electron chi connectivity index (χ2n) is 5.24. The maximum atomic E-state index is 11.5. The van der Waals surface area contributed by atoms with Gasteiger partial charge in [0, 0.05) is 30.7 Å². The number of nitrogens with zero attached hydrogens (tertiary/aromatic N) is 2. The molecule has 3 heterocycles. The SMILES string of the molecule is O=C(O)c1cnc2cc3c(cc2c1N1CCCC1)OCO3. The third-order valence-corrected chi connectivity index (χ3v) is 3.99. The molecule has 6 nitrogen and oxygen atoms in total. The van der Waals surface area contributed by atoms with Crippen LogP contribution in [0.4, 0.5) is 5.69 Å². The highest BCUT2D eigenvalue weighted by molar-refractivity contribution is 6.05. The molecule has 2 aliphatic heterocycles. The number of carbonyl (C=O) groups is 1. The summed E-state index contributed by atoms with van der Waals surface area (Å²) in [7, 11) is 0. The van der Waals surface area contributed by atoms with Gasteiger partial charge in [0.15, 0.2) is 11.5 Å². The Morgan fingerprint density at radius 2 is 1.90 bits per heavy atom. The van der Waals surface area contributed by atoms with Crippen LogP contribution in [0.25, 0.3) is 10.9 Å². The topological polar surface area (TPSA) is 71.9 Å². The van der Waals surface area contributed by atoms with Gasteiger partial charge in [-0.25, -0.2) is 4.79 Å². The van der Waals surface area contributed by atoms with E-state index in [0.29, 0.717) is 11.5 Å². The normalized spacial score (nSPS) is 16.7. The number of carboxylic acid groups (broad SMARTS) is 1. The zero-order chi connectivity index (χ0) is 14.4. The van der Waals surface area contributed by atoms with Crippen molar-refractivity contribution in [2.45, 2.75) is 12.8 Å². The monoisotopic (exact) mass is 286 g/mol. The highest BCUT2D eigenvalue weighted by atomic mass is 16.7. The molecule has 0 unspecified atom stereocenters. The van der Waals surface area contributed by atoms with Crippen LogP contribution in [0.15, 0.2) is 18.3 Å². The van der Waals surface area contributed by atoms with Gasteiger partial charge >= 0.3 is 5.97 Å². The zero-order valence-electron chi connectivity index (χ0n) is 11.3. The maximum Gasteiger partial charge on any atom is 0.339 e. The van der Waals surface area contributed by atoms with Crippen molar-refractivity contribution in [3.63, 3.8) is 0 Å². The van der Waals surface area contributed by atoms with Crippen molar-refractivity contribution in [1.82, 2.24) is 4.98 Å². The number of fused-ring (bicyclic) bond motifs is 2. The summed E-state index contributed by atoms with van der Waals surface area (Å²) in [4.78, 5) is 17.9. The van der Waals surface area contributed by atoms with Crippen LogP contribution >= 0.6 is 0 Å². The Morgan fingerprint density at radius 3 is 2.62 bits per heavy atom. The van der Waals surface area contributed by atoms with Gasteiger partial charge in [-0.1, -0.05) is 0 Å². The number of carboxylic acids is 1. The van der Waals surface area contributed by atoms with Gasteiger partial charge in [0.2, 0.25) is 6.79 Å². The molecule has 108 valence electrons. The first-order chi connectivity index (χ1) is 10.2. The number of pyridine rings is 1. The predicted octanol–water partition coefficient (Wildman–Crippen LogP) is 2.26. The Bertz CT molecular complexity index is 738. The van der Waals surface area contributed by atoms with Crippen LogP contribution < -0.4 is 14.4 Å². The molecule has 1 fully saturated rings. The summed E-state index contributed by atoms with van der Waals surface area (Å²) in [5.74, 6) is 0.349. The van der Waals surface area contributed by atoms with E-state index >= 15 is 0 Å². The van der Waals surface area contributed by atoms with Crippen molar-refractivity contribution in [2.75, 3.05) is 24.8 Å². The first kappa shape index (κ1) is 12.3. The molecule has 1 saturated heterocycles. The molecule has 2 aliphatic rings. The lowest BCUT2D eigenvalue weighted by Gasteiger charge is -2.21. The maximum absolute atomic E-state index is 11.5. The van der Waals surface area contributed by atoms with Crippen molar-refractivity contribution in [2.24, 2.45) is 0 Å². The lowest BCUT2D eigenvalue weighted by atomic mass is 10.1. The number of rotatable bonds is 2. The summed E-state index contributed by atoms with van der Waals surface area (Å²) in [5.41, 5.74) is 1.71. The van der Waals surface area contributed by atoms with E-state index in [1.807, 2.05) is 12.1 Å². The van der Waals surface area contributed by atoms with Gasteiger partial charge in [-0.3, -0.25) is 4.98 Å². The third-order valence-electron chi connectivity index (χ3n) is 3.99. The summed E-state index contributed by atoms with van der Waals surface area (Å²) < 4.78 is 10.8. The van der Waals surface area contributed by atoms with Crippen LogP contribution in [-0.2, 0) is 0 Å². The lowest BCUT2D eigenvalue weighted by molar-refractivity contribution is 0.0697. The molecular weight excluding hydrogens is 272 g/mol. The lowest BCUT2D eigenvalue weighted by Crippen LogP contribution is -2.21. The summed E-state index contributed by atoms with van der Waals surface area (Å²) in [6, 6.07) is 3.65. The highest BCUT2D eigenvalue weighted by Gasteiger charge is 2.25. The molecule has 0 aliphatic carbocycles. The molecule has 0 radical (unpaired) electrons. The van der Waals surface area contributed by atoms with E-state index in [1.54, 1.807) is 0 Å². The number of aromatic carboxylic acids is 1. The van der Waals surface area contributed by atoms with E-state index in [-0.39, 0.29) is 12.4 Å². The first-order valence-electron chi connectivity index (χ1n) is 6.94. The van der Waals surface area contributed by atoms with Crippen LogP contribution in [0.2, 0.25) is 0 Å². The van der Waals surface area contributed by atoms with Crippen LogP contribution in [0.5, 0.6) is 11.5 Å². The summed E-state index contributed by atoms with van der Waals surface area (Å²) in [6.07, 6.45) is 3.58. The smallest absolute Gasteiger partial charge is 0.339 e. The molecule has 0 spiro atoms. The predicted molar refractivity (Wildman–Crippen MR) is 76.3 cm³/mol. The van der Waals surface area contributed by atoms with Gasteiger partial charge in [0.25, 0.3) is 0 Å². The van der Waals surface area contributed by atoms with Crippen molar-refractivity contribution in [3.05, 3.63) is 23.9 Å². The zero-order valence-corrected chi connectivity index (χ0v) is 11.3. The van der Waals surface area contributed by atoms with E-state index in [9.17, 15) is 9.90 Å². The summed E-state index contributed by atoms with van der Waals surface area (Å²) in [6.45, 7) is 1.93. The number of aromatic nitrogens is 1. The Morgan fingerprint density at radius 1 is 1.19 bits per heavy atom. The summed E-state index contributed by atoms with van der Waals surface area (Å²) >= 11 is 0. The van der Waals surface area contributed by atoms with Gasteiger partial charge < -0.3 is 19.5 Å². The van der Waals surface area contributed by atoms with Crippen molar-refractivity contribution < 1.29 is 19.4 Å². The molecule has 0 saturated carbocycles. The molecule has 1 aromatic heterocycles. The van der Waals surface area contributed by atoms with Gasteiger partial charge in [0.05, 0.1) is 11.2 Å². The Balaban J connectivity index is 2.00. The molecule has 1 aromatic carbocycles.